The first-order chi connectivity index (χ1) is 8.06. The zero-order valence-electron chi connectivity index (χ0n) is 9.38. The molecule has 1 unspecified atom stereocenters. The Hall–Kier alpha value is -1.89. The first-order valence-corrected chi connectivity index (χ1v) is 5.07. The van der Waals surface area contributed by atoms with E-state index in [-0.39, 0.29) is 19.1 Å². The third-order valence-corrected chi connectivity index (χ3v) is 2.33. The highest BCUT2D eigenvalue weighted by Gasteiger charge is 2.31. The highest BCUT2D eigenvalue weighted by atomic mass is 16.5. The van der Waals surface area contributed by atoms with Gasteiger partial charge in [-0.1, -0.05) is 0 Å². The third kappa shape index (κ3) is 3.56. The predicted molar refractivity (Wildman–Crippen MR) is 57.2 cm³/mol. The van der Waals surface area contributed by atoms with Gasteiger partial charge in [-0.3, -0.25) is 9.59 Å². The number of morpholine rings is 1. The largest absolute Gasteiger partial charge is 0.478 e. The summed E-state index contributed by atoms with van der Waals surface area (Å²) < 4.78 is 5.12. The Morgan fingerprint density at radius 1 is 1.41 bits per heavy atom. The maximum atomic E-state index is 11.7. The molecule has 17 heavy (non-hydrogen) atoms. The second-order valence-electron chi connectivity index (χ2n) is 3.41. The van der Waals surface area contributed by atoms with Crippen LogP contribution in [0, 0.1) is 0 Å². The molecular weight excluding hydrogens is 228 g/mol. The van der Waals surface area contributed by atoms with Crippen LogP contribution in [0.3, 0.4) is 0 Å². The second kappa shape index (κ2) is 6.00. The molecule has 1 aliphatic rings. The summed E-state index contributed by atoms with van der Waals surface area (Å²) in [5.41, 5.74) is 0. The van der Waals surface area contributed by atoms with Crippen LogP contribution in [0.25, 0.3) is 0 Å². The number of carboxylic acids is 1. The standard InChI is InChI=1S/C10H14N2O5/c1-11-10(16)7-6-17-5-4-12(7)8(13)2-3-9(14)15/h2-3,7H,4-6H2,1H3,(H,11,16)(H,14,15)/b3-2+. The van der Waals surface area contributed by atoms with E-state index in [0.717, 1.165) is 12.2 Å². The molecule has 0 aromatic rings. The topological polar surface area (TPSA) is 95.9 Å². The van der Waals surface area contributed by atoms with Crippen LogP contribution in [-0.4, -0.2) is 60.6 Å². The normalized spacial score (nSPS) is 20.3. The molecule has 0 saturated carbocycles. The van der Waals surface area contributed by atoms with Crippen molar-refractivity contribution in [3.63, 3.8) is 0 Å². The van der Waals surface area contributed by atoms with Crippen LogP contribution in [-0.2, 0) is 19.1 Å². The molecule has 1 heterocycles. The molecule has 1 fully saturated rings. The van der Waals surface area contributed by atoms with Gasteiger partial charge in [0.15, 0.2) is 0 Å². The number of carbonyl (C=O) groups is 3. The number of likely N-dealkylation sites (N-methyl/N-ethyl adjacent to an activating group) is 1. The van der Waals surface area contributed by atoms with E-state index in [9.17, 15) is 14.4 Å². The van der Waals surface area contributed by atoms with E-state index in [1.165, 1.54) is 11.9 Å². The average Bonchev–Trinajstić information content (AvgIpc) is 2.34. The van der Waals surface area contributed by atoms with Gasteiger partial charge in [0, 0.05) is 25.7 Å². The van der Waals surface area contributed by atoms with Crippen LogP contribution in [0.5, 0.6) is 0 Å². The van der Waals surface area contributed by atoms with Gasteiger partial charge >= 0.3 is 5.97 Å². The van der Waals surface area contributed by atoms with Gasteiger partial charge in [-0.05, 0) is 0 Å². The van der Waals surface area contributed by atoms with Crippen molar-refractivity contribution < 1.29 is 24.2 Å². The zero-order chi connectivity index (χ0) is 12.8. The van der Waals surface area contributed by atoms with Gasteiger partial charge in [0.05, 0.1) is 13.2 Å². The fourth-order valence-corrected chi connectivity index (χ4v) is 1.49. The smallest absolute Gasteiger partial charge is 0.328 e. The van der Waals surface area contributed by atoms with E-state index in [1.807, 2.05) is 0 Å². The number of carbonyl (C=O) groups excluding carboxylic acids is 2. The van der Waals surface area contributed by atoms with E-state index in [1.54, 1.807) is 0 Å². The number of ether oxygens (including phenoxy) is 1. The van der Waals surface area contributed by atoms with E-state index in [0.29, 0.717) is 6.61 Å². The van der Waals surface area contributed by atoms with Crippen LogP contribution < -0.4 is 5.32 Å². The fourth-order valence-electron chi connectivity index (χ4n) is 1.49. The summed E-state index contributed by atoms with van der Waals surface area (Å²) in [5, 5.41) is 10.9. The number of nitrogens with zero attached hydrogens (tertiary/aromatic N) is 1. The van der Waals surface area contributed by atoms with Crippen molar-refractivity contribution >= 4 is 17.8 Å². The van der Waals surface area contributed by atoms with Crippen molar-refractivity contribution in [2.75, 3.05) is 26.8 Å². The maximum absolute atomic E-state index is 11.7. The molecule has 1 saturated heterocycles. The van der Waals surface area contributed by atoms with Gasteiger partial charge in [-0.15, -0.1) is 0 Å². The van der Waals surface area contributed by atoms with Crippen LogP contribution in [0.1, 0.15) is 0 Å². The Morgan fingerprint density at radius 3 is 2.71 bits per heavy atom. The summed E-state index contributed by atoms with van der Waals surface area (Å²) in [6, 6.07) is -0.709. The van der Waals surface area contributed by atoms with Gasteiger partial charge < -0.3 is 20.1 Å². The summed E-state index contributed by atoms with van der Waals surface area (Å²) in [6.45, 7) is 0.716. The number of hydrogen-bond donors (Lipinski definition) is 2. The fraction of sp³-hybridized carbons (Fsp3) is 0.500. The van der Waals surface area contributed by atoms with Crippen molar-refractivity contribution in [3.8, 4) is 0 Å². The highest BCUT2D eigenvalue weighted by molar-refractivity contribution is 5.96. The number of amides is 2. The van der Waals surface area contributed by atoms with Crippen molar-refractivity contribution in [2.24, 2.45) is 0 Å². The molecule has 1 rings (SSSR count). The summed E-state index contributed by atoms with van der Waals surface area (Å²) in [4.78, 5) is 34.8. The monoisotopic (exact) mass is 242 g/mol. The molecule has 1 aliphatic heterocycles. The van der Waals surface area contributed by atoms with E-state index in [4.69, 9.17) is 9.84 Å². The number of rotatable bonds is 3. The molecule has 1 atom stereocenters. The minimum absolute atomic E-state index is 0.117. The molecule has 0 bridgehead atoms. The van der Waals surface area contributed by atoms with Crippen LogP contribution in [0.2, 0.25) is 0 Å². The van der Waals surface area contributed by atoms with Gasteiger partial charge in [0.25, 0.3) is 0 Å². The lowest BCUT2D eigenvalue weighted by atomic mass is 10.2. The minimum Gasteiger partial charge on any atom is -0.478 e. The number of nitrogens with one attached hydrogen (secondary N) is 1. The minimum atomic E-state index is -1.21. The maximum Gasteiger partial charge on any atom is 0.328 e. The Labute approximate surface area is 98.0 Å². The molecule has 0 aromatic carbocycles. The van der Waals surface area contributed by atoms with Crippen molar-refractivity contribution in [2.45, 2.75) is 6.04 Å². The summed E-state index contributed by atoms with van der Waals surface area (Å²) in [5.74, 6) is -2.05. The van der Waals surface area contributed by atoms with Gasteiger partial charge in [-0.25, -0.2) is 4.79 Å². The second-order valence-corrected chi connectivity index (χ2v) is 3.41. The molecule has 2 amide bonds. The summed E-state index contributed by atoms with van der Waals surface area (Å²) >= 11 is 0. The SMILES string of the molecule is CNC(=O)C1COCCN1C(=O)/C=C/C(=O)O. The van der Waals surface area contributed by atoms with Crippen LogP contribution >= 0.6 is 0 Å². The quantitative estimate of drug-likeness (QED) is 0.593. The van der Waals surface area contributed by atoms with Crippen molar-refractivity contribution in [1.82, 2.24) is 10.2 Å². The predicted octanol–water partition coefficient (Wildman–Crippen LogP) is -1.40. The van der Waals surface area contributed by atoms with Crippen molar-refractivity contribution in [3.05, 3.63) is 12.2 Å². The van der Waals surface area contributed by atoms with Gasteiger partial charge in [0.2, 0.25) is 11.8 Å². The highest BCUT2D eigenvalue weighted by Crippen LogP contribution is 2.08. The van der Waals surface area contributed by atoms with Gasteiger partial charge in [-0.2, -0.15) is 0 Å². The summed E-state index contributed by atoms with van der Waals surface area (Å²) in [7, 11) is 1.46. The van der Waals surface area contributed by atoms with E-state index in [2.05, 4.69) is 5.32 Å². The first-order valence-electron chi connectivity index (χ1n) is 5.07. The molecule has 94 valence electrons. The third-order valence-electron chi connectivity index (χ3n) is 2.33. The molecule has 7 heteroatoms. The molecular formula is C10H14N2O5. The van der Waals surface area contributed by atoms with E-state index < -0.39 is 17.9 Å². The Bertz CT molecular complexity index is 353. The number of hydrogen-bond acceptors (Lipinski definition) is 4. The lowest BCUT2D eigenvalue weighted by Crippen LogP contribution is -2.55. The Balaban J connectivity index is 2.74. The van der Waals surface area contributed by atoms with Crippen LogP contribution in [0.4, 0.5) is 0 Å². The molecule has 0 spiro atoms. The molecule has 2 N–H and O–H groups in total. The summed E-state index contributed by atoms with van der Waals surface area (Å²) in [6.07, 6.45) is 1.68. The van der Waals surface area contributed by atoms with Gasteiger partial charge in [0.1, 0.15) is 6.04 Å². The molecule has 0 aliphatic carbocycles. The lowest BCUT2D eigenvalue weighted by molar-refractivity contribution is -0.144. The van der Waals surface area contributed by atoms with Crippen molar-refractivity contribution in [1.29, 1.82) is 0 Å². The number of aliphatic carboxylic acids is 1. The Morgan fingerprint density at radius 2 is 2.12 bits per heavy atom. The van der Waals surface area contributed by atoms with E-state index >= 15 is 0 Å². The lowest BCUT2D eigenvalue weighted by Gasteiger charge is -2.33. The molecule has 0 aromatic heterocycles. The Kier molecular flexibility index (Phi) is 4.65. The first kappa shape index (κ1) is 13.2. The molecule has 0 radical (unpaired) electrons. The van der Waals surface area contributed by atoms with Crippen LogP contribution in [0.15, 0.2) is 12.2 Å². The average molecular weight is 242 g/mol. The molecule has 7 nitrogen and oxygen atoms in total. The number of carboxylic acid groups (broad SMARTS) is 1. The zero-order valence-corrected chi connectivity index (χ0v) is 9.38.